The molecule has 0 aliphatic carbocycles. The molecule has 92 valence electrons. The molecule has 0 radical (unpaired) electrons. The van der Waals surface area contributed by atoms with Crippen molar-refractivity contribution >= 4 is 35.2 Å². The zero-order valence-corrected chi connectivity index (χ0v) is 10.8. The van der Waals surface area contributed by atoms with Crippen molar-refractivity contribution in [1.82, 2.24) is 0 Å². The second kappa shape index (κ2) is 5.80. The topological polar surface area (TPSA) is 61.5 Å². The Kier molecular flexibility index (Phi) is 4.66. The molecule has 2 N–H and O–H groups in total. The Morgan fingerprint density at radius 3 is 2.47 bits per heavy atom. The predicted molar refractivity (Wildman–Crippen MR) is 67.2 cm³/mol. The number of rotatable bonds is 3. The highest BCUT2D eigenvalue weighted by Crippen LogP contribution is 2.35. The zero-order chi connectivity index (χ0) is 13.0. The Morgan fingerprint density at radius 2 is 1.94 bits per heavy atom. The van der Waals surface area contributed by atoms with E-state index in [0.29, 0.717) is 11.3 Å². The van der Waals surface area contributed by atoms with Crippen LogP contribution in [-0.2, 0) is 9.53 Å². The minimum atomic E-state index is -0.631. The summed E-state index contributed by atoms with van der Waals surface area (Å²) in [5.74, 6) is -0.182. The normalized spacial score (nSPS) is 11.2. The predicted octanol–water partition coefficient (Wildman–Crippen LogP) is 2.47. The van der Waals surface area contributed by atoms with Crippen LogP contribution in [0.1, 0.15) is 5.56 Å². The fourth-order valence-corrected chi connectivity index (χ4v) is 1.62. The molecule has 0 bridgehead atoms. The second-order valence-corrected chi connectivity index (χ2v) is 3.83. The first-order valence-electron chi connectivity index (χ1n) is 4.58. The largest absolute Gasteiger partial charge is 0.495 e. The van der Waals surface area contributed by atoms with Crippen molar-refractivity contribution in [2.24, 2.45) is 5.73 Å². The molecule has 0 amide bonds. The highest BCUT2D eigenvalue weighted by atomic mass is 35.5. The number of esters is 1. The lowest BCUT2D eigenvalue weighted by molar-refractivity contribution is -0.136. The smallest absolute Gasteiger partial charge is 0.353 e. The van der Waals surface area contributed by atoms with Gasteiger partial charge < -0.3 is 15.2 Å². The van der Waals surface area contributed by atoms with Gasteiger partial charge in [0.1, 0.15) is 16.5 Å². The van der Waals surface area contributed by atoms with Crippen LogP contribution < -0.4 is 10.5 Å². The fraction of sp³-hybridized carbons (Fsp3) is 0.182. The Balaban J connectivity index is 3.17. The molecule has 1 aromatic carbocycles. The maximum atomic E-state index is 11.1. The van der Waals surface area contributed by atoms with Gasteiger partial charge in [-0.1, -0.05) is 23.2 Å². The first-order chi connectivity index (χ1) is 8.01. The van der Waals surface area contributed by atoms with Gasteiger partial charge in [0.2, 0.25) is 0 Å². The number of nitrogens with two attached hydrogens (primary N) is 1. The molecule has 0 saturated carbocycles. The van der Waals surface area contributed by atoms with Crippen LogP contribution >= 0.6 is 23.2 Å². The van der Waals surface area contributed by atoms with Crippen molar-refractivity contribution in [1.29, 1.82) is 0 Å². The summed E-state index contributed by atoms with van der Waals surface area (Å²) >= 11 is 12.0. The van der Waals surface area contributed by atoms with E-state index in [1.807, 2.05) is 0 Å². The van der Waals surface area contributed by atoms with E-state index in [2.05, 4.69) is 4.74 Å². The van der Waals surface area contributed by atoms with E-state index in [1.54, 1.807) is 12.1 Å². The number of benzene rings is 1. The van der Waals surface area contributed by atoms with Gasteiger partial charge in [0.25, 0.3) is 0 Å². The van der Waals surface area contributed by atoms with Crippen LogP contribution in [0.3, 0.4) is 0 Å². The molecule has 0 aliphatic heterocycles. The summed E-state index contributed by atoms with van der Waals surface area (Å²) in [6.07, 6.45) is 1.39. The quantitative estimate of drug-likeness (QED) is 0.680. The Bertz CT molecular complexity index is 472. The first-order valence-corrected chi connectivity index (χ1v) is 5.34. The van der Waals surface area contributed by atoms with Gasteiger partial charge in [0.15, 0.2) is 0 Å². The standard InChI is InChI=1S/C11H11Cl2NO3/c1-16-8-4-3-6(9(12)10(8)13)5-7(14)11(15)17-2/h3-5H,14H2,1-2H3/b7-5-. The third-order valence-corrected chi connectivity index (χ3v) is 2.91. The number of hydrogen-bond donors (Lipinski definition) is 1. The molecule has 0 fully saturated rings. The van der Waals surface area contributed by atoms with Crippen LogP contribution in [0, 0.1) is 0 Å². The summed E-state index contributed by atoms with van der Waals surface area (Å²) in [6.45, 7) is 0. The average Bonchev–Trinajstić information content (AvgIpc) is 2.34. The number of halogens is 2. The highest BCUT2D eigenvalue weighted by molar-refractivity contribution is 6.43. The van der Waals surface area contributed by atoms with Crippen molar-refractivity contribution in [2.75, 3.05) is 14.2 Å². The van der Waals surface area contributed by atoms with Gasteiger partial charge in [0, 0.05) is 0 Å². The van der Waals surface area contributed by atoms with Crippen LogP contribution in [0.4, 0.5) is 0 Å². The number of carbonyl (C=O) groups excluding carboxylic acids is 1. The first kappa shape index (κ1) is 13.7. The highest BCUT2D eigenvalue weighted by Gasteiger charge is 2.11. The van der Waals surface area contributed by atoms with Gasteiger partial charge in [-0.05, 0) is 23.8 Å². The minimum Gasteiger partial charge on any atom is -0.495 e. The SMILES string of the molecule is COC(=O)/C(N)=C/c1ccc(OC)c(Cl)c1Cl. The summed E-state index contributed by atoms with van der Waals surface area (Å²) in [5.41, 5.74) is 5.96. The van der Waals surface area contributed by atoms with Crippen molar-refractivity contribution in [2.45, 2.75) is 0 Å². The monoisotopic (exact) mass is 275 g/mol. The maximum Gasteiger partial charge on any atom is 0.353 e. The molecule has 0 aliphatic rings. The Hall–Kier alpha value is -1.39. The lowest BCUT2D eigenvalue weighted by atomic mass is 10.2. The van der Waals surface area contributed by atoms with Crippen molar-refractivity contribution < 1.29 is 14.3 Å². The molecule has 6 heteroatoms. The van der Waals surface area contributed by atoms with E-state index in [9.17, 15) is 4.79 Å². The molecule has 0 atom stereocenters. The molecular formula is C11H11Cl2NO3. The van der Waals surface area contributed by atoms with Gasteiger partial charge >= 0.3 is 5.97 Å². The second-order valence-electron chi connectivity index (χ2n) is 3.08. The lowest BCUT2D eigenvalue weighted by Gasteiger charge is -2.07. The van der Waals surface area contributed by atoms with Gasteiger partial charge in [-0.15, -0.1) is 0 Å². The summed E-state index contributed by atoms with van der Waals surface area (Å²) in [5, 5.41) is 0.526. The third-order valence-electron chi connectivity index (χ3n) is 2.03. The molecule has 0 aromatic heterocycles. The summed E-state index contributed by atoms with van der Waals surface area (Å²) < 4.78 is 9.46. The molecule has 17 heavy (non-hydrogen) atoms. The number of ether oxygens (including phenoxy) is 2. The Morgan fingerprint density at radius 1 is 1.29 bits per heavy atom. The van der Waals surface area contributed by atoms with E-state index in [4.69, 9.17) is 33.7 Å². The van der Waals surface area contributed by atoms with E-state index in [-0.39, 0.29) is 15.7 Å². The molecule has 1 aromatic rings. The third kappa shape index (κ3) is 3.05. The molecular weight excluding hydrogens is 265 g/mol. The molecule has 4 nitrogen and oxygen atoms in total. The van der Waals surface area contributed by atoms with Crippen LogP contribution in [0.2, 0.25) is 10.0 Å². The summed E-state index contributed by atoms with van der Waals surface area (Å²) in [6, 6.07) is 3.27. The van der Waals surface area contributed by atoms with Gasteiger partial charge in [-0.25, -0.2) is 4.79 Å². The van der Waals surface area contributed by atoms with Crippen LogP contribution in [0.25, 0.3) is 6.08 Å². The summed E-state index contributed by atoms with van der Waals surface area (Å²) in [7, 11) is 2.72. The maximum absolute atomic E-state index is 11.1. The lowest BCUT2D eigenvalue weighted by Crippen LogP contribution is -2.12. The zero-order valence-electron chi connectivity index (χ0n) is 9.29. The van der Waals surface area contributed by atoms with Crippen molar-refractivity contribution in [3.8, 4) is 5.75 Å². The number of hydrogen-bond acceptors (Lipinski definition) is 4. The number of methoxy groups -OCH3 is 2. The molecule has 0 unspecified atom stereocenters. The Labute approximate surface area is 109 Å². The van der Waals surface area contributed by atoms with Gasteiger partial charge in [-0.3, -0.25) is 0 Å². The van der Waals surface area contributed by atoms with E-state index in [0.717, 1.165) is 0 Å². The van der Waals surface area contributed by atoms with E-state index >= 15 is 0 Å². The van der Waals surface area contributed by atoms with Crippen LogP contribution in [0.5, 0.6) is 5.75 Å². The van der Waals surface area contributed by atoms with Crippen LogP contribution in [0.15, 0.2) is 17.8 Å². The van der Waals surface area contributed by atoms with Crippen molar-refractivity contribution in [3.63, 3.8) is 0 Å². The van der Waals surface area contributed by atoms with Gasteiger partial charge in [-0.2, -0.15) is 0 Å². The summed E-state index contributed by atoms with van der Waals surface area (Å²) in [4.78, 5) is 11.1. The minimum absolute atomic E-state index is 0.0596. The van der Waals surface area contributed by atoms with E-state index in [1.165, 1.54) is 20.3 Å². The van der Waals surface area contributed by atoms with Crippen molar-refractivity contribution in [3.05, 3.63) is 33.4 Å². The molecule has 0 heterocycles. The molecule has 0 spiro atoms. The number of carbonyl (C=O) groups is 1. The molecule has 0 saturated heterocycles. The molecule has 1 rings (SSSR count). The fourth-order valence-electron chi connectivity index (χ4n) is 1.16. The van der Waals surface area contributed by atoms with Crippen LogP contribution in [-0.4, -0.2) is 20.2 Å². The van der Waals surface area contributed by atoms with Gasteiger partial charge in [0.05, 0.1) is 19.2 Å². The average molecular weight is 276 g/mol. The van der Waals surface area contributed by atoms with E-state index < -0.39 is 5.97 Å².